The van der Waals surface area contributed by atoms with Gasteiger partial charge in [-0.3, -0.25) is 9.69 Å². The van der Waals surface area contributed by atoms with Gasteiger partial charge in [0, 0.05) is 30.8 Å². The summed E-state index contributed by atoms with van der Waals surface area (Å²) in [6, 6.07) is 6.75. The summed E-state index contributed by atoms with van der Waals surface area (Å²) in [4.78, 5) is 22.3. The van der Waals surface area contributed by atoms with Gasteiger partial charge in [0.15, 0.2) is 0 Å². The van der Waals surface area contributed by atoms with Gasteiger partial charge in [-0.05, 0) is 54.8 Å². The highest BCUT2D eigenvalue weighted by Crippen LogP contribution is 2.23. The minimum absolute atomic E-state index is 0.0557. The molecule has 2 aromatic rings. The van der Waals surface area contributed by atoms with E-state index in [0.717, 1.165) is 79.5 Å². The van der Waals surface area contributed by atoms with Crippen LogP contribution in [0, 0.1) is 5.82 Å². The van der Waals surface area contributed by atoms with Gasteiger partial charge in [0.2, 0.25) is 0 Å². The molecule has 4 nitrogen and oxygen atoms in total. The molecule has 0 saturated heterocycles. The third-order valence-corrected chi connectivity index (χ3v) is 6.25. The lowest BCUT2D eigenvalue weighted by Crippen LogP contribution is -2.30. The number of aryl methyl sites for hydroxylation is 1. The topological polar surface area (TPSA) is 49.0 Å². The zero-order chi connectivity index (χ0) is 18.6. The van der Waals surface area contributed by atoms with Gasteiger partial charge >= 0.3 is 0 Å². The molecule has 6 heteroatoms. The van der Waals surface area contributed by atoms with Gasteiger partial charge in [-0.2, -0.15) is 11.8 Å². The first-order valence-corrected chi connectivity index (χ1v) is 10.7. The second-order valence-electron chi connectivity index (χ2n) is 7.13. The minimum Gasteiger partial charge on any atom is -0.310 e. The molecular formula is C21H24FN3OS. The summed E-state index contributed by atoms with van der Waals surface area (Å²) in [5.41, 5.74) is 4.33. The molecule has 0 fully saturated rings. The highest BCUT2D eigenvalue weighted by Gasteiger charge is 2.16. The maximum Gasteiger partial charge on any atom is 0.254 e. The van der Waals surface area contributed by atoms with E-state index < -0.39 is 0 Å². The Kier molecular flexibility index (Phi) is 5.74. The SMILES string of the molecule is O=c1[nH]c(CCCN2CC=C(c3ccc(F)cc3)CC2)nc2c1CCSC2. The number of thioether (sulfide) groups is 1. The van der Waals surface area contributed by atoms with Crippen molar-refractivity contribution in [3.8, 4) is 0 Å². The van der Waals surface area contributed by atoms with Crippen LogP contribution in [-0.4, -0.2) is 40.3 Å². The normalized spacial score (nSPS) is 17.4. The average molecular weight is 386 g/mol. The molecule has 0 saturated carbocycles. The van der Waals surface area contributed by atoms with E-state index in [9.17, 15) is 9.18 Å². The summed E-state index contributed by atoms with van der Waals surface area (Å²) in [7, 11) is 0. The van der Waals surface area contributed by atoms with Crippen LogP contribution < -0.4 is 5.56 Å². The third kappa shape index (κ3) is 4.50. The number of benzene rings is 1. The quantitative estimate of drug-likeness (QED) is 0.857. The fourth-order valence-corrected chi connectivity index (χ4v) is 4.67. The smallest absolute Gasteiger partial charge is 0.254 e. The van der Waals surface area contributed by atoms with Crippen LogP contribution in [0.2, 0.25) is 0 Å². The molecule has 2 aliphatic rings. The van der Waals surface area contributed by atoms with Crippen molar-refractivity contribution in [2.45, 2.75) is 31.4 Å². The van der Waals surface area contributed by atoms with Gasteiger partial charge in [0.25, 0.3) is 5.56 Å². The molecular weight excluding hydrogens is 361 g/mol. The summed E-state index contributed by atoms with van der Waals surface area (Å²) < 4.78 is 13.1. The van der Waals surface area contributed by atoms with Gasteiger partial charge in [-0.15, -0.1) is 0 Å². The lowest BCUT2D eigenvalue weighted by Gasteiger charge is -2.26. The van der Waals surface area contributed by atoms with Crippen LogP contribution in [0.25, 0.3) is 5.57 Å². The lowest BCUT2D eigenvalue weighted by atomic mass is 9.99. The third-order valence-electron chi connectivity index (χ3n) is 5.28. The Hall–Kier alpha value is -1.92. The lowest BCUT2D eigenvalue weighted by molar-refractivity contribution is 0.297. The fraction of sp³-hybridized carbons (Fsp3) is 0.429. The average Bonchev–Trinajstić information content (AvgIpc) is 2.69. The van der Waals surface area contributed by atoms with E-state index in [-0.39, 0.29) is 11.4 Å². The maximum absolute atomic E-state index is 13.1. The first kappa shape index (κ1) is 18.4. The van der Waals surface area contributed by atoms with Crippen molar-refractivity contribution < 1.29 is 4.39 Å². The van der Waals surface area contributed by atoms with Crippen LogP contribution in [0.3, 0.4) is 0 Å². The number of aromatic nitrogens is 2. The largest absolute Gasteiger partial charge is 0.310 e. The minimum atomic E-state index is -0.191. The van der Waals surface area contributed by atoms with Gasteiger partial charge in [0.1, 0.15) is 11.6 Å². The Labute approximate surface area is 162 Å². The summed E-state index contributed by atoms with van der Waals surface area (Å²) >= 11 is 1.85. The Morgan fingerprint density at radius 1 is 1.22 bits per heavy atom. The highest BCUT2D eigenvalue weighted by atomic mass is 32.2. The van der Waals surface area contributed by atoms with E-state index in [0.29, 0.717) is 0 Å². The van der Waals surface area contributed by atoms with Gasteiger partial charge in [0.05, 0.1) is 5.69 Å². The molecule has 0 atom stereocenters. The second kappa shape index (κ2) is 8.40. The standard InChI is InChI=1S/C21H24FN3OS/c22-17-5-3-15(4-6-17)16-7-11-25(12-8-16)10-1-2-20-23-19-14-27-13-9-18(19)21(26)24-20/h3-7H,1-2,8-14H2,(H,23,24,26). The van der Waals surface area contributed by atoms with Crippen LogP contribution in [-0.2, 0) is 18.6 Å². The molecule has 27 heavy (non-hydrogen) atoms. The molecule has 2 aliphatic heterocycles. The zero-order valence-electron chi connectivity index (χ0n) is 15.3. The summed E-state index contributed by atoms with van der Waals surface area (Å²) in [5, 5.41) is 0. The molecule has 1 N–H and O–H groups in total. The molecule has 3 heterocycles. The first-order valence-electron chi connectivity index (χ1n) is 9.55. The number of nitrogens with one attached hydrogen (secondary N) is 1. The van der Waals surface area contributed by atoms with E-state index in [4.69, 9.17) is 0 Å². The molecule has 0 bridgehead atoms. The number of fused-ring (bicyclic) bond motifs is 1. The van der Waals surface area contributed by atoms with Crippen LogP contribution in [0.4, 0.5) is 4.39 Å². The van der Waals surface area contributed by atoms with Crippen LogP contribution >= 0.6 is 11.8 Å². The van der Waals surface area contributed by atoms with Crippen LogP contribution in [0.5, 0.6) is 0 Å². The number of halogens is 1. The predicted molar refractivity (Wildman–Crippen MR) is 108 cm³/mol. The first-order chi connectivity index (χ1) is 13.2. The number of aromatic amines is 1. The molecule has 0 radical (unpaired) electrons. The van der Waals surface area contributed by atoms with Crippen molar-refractivity contribution in [2.24, 2.45) is 0 Å². The molecule has 0 spiro atoms. The van der Waals surface area contributed by atoms with Crippen LogP contribution in [0.15, 0.2) is 35.1 Å². The van der Waals surface area contributed by atoms with Crippen molar-refractivity contribution in [1.29, 1.82) is 0 Å². The van der Waals surface area contributed by atoms with Crippen molar-refractivity contribution >= 4 is 17.3 Å². The predicted octanol–water partition coefficient (Wildman–Crippen LogP) is 3.42. The summed E-state index contributed by atoms with van der Waals surface area (Å²) in [5.74, 6) is 2.50. The molecule has 0 amide bonds. The number of hydrogen-bond acceptors (Lipinski definition) is 4. The number of hydrogen-bond donors (Lipinski definition) is 1. The zero-order valence-corrected chi connectivity index (χ0v) is 16.2. The van der Waals surface area contributed by atoms with Crippen molar-refractivity contribution in [3.63, 3.8) is 0 Å². The van der Waals surface area contributed by atoms with Crippen LogP contribution in [0.1, 0.15) is 35.5 Å². The molecule has 1 aromatic heterocycles. The fourth-order valence-electron chi connectivity index (χ4n) is 3.75. The van der Waals surface area contributed by atoms with E-state index >= 15 is 0 Å². The number of nitrogens with zero attached hydrogens (tertiary/aromatic N) is 2. The van der Waals surface area contributed by atoms with Crippen molar-refractivity contribution in [2.75, 3.05) is 25.4 Å². The van der Waals surface area contributed by atoms with Crippen molar-refractivity contribution in [3.05, 3.63) is 69.2 Å². The Morgan fingerprint density at radius 2 is 2.07 bits per heavy atom. The summed E-state index contributed by atoms with van der Waals surface area (Å²) in [6.07, 6.45) is 5.84. The second-order valence-corrected chi connectivity index (χ2v) is 8.24. The molecule has 1 aromatic carbocycles. The Bertz CT molecular complexity index is 891. The molecule has 0 unspecified atom stereocenters. The van der Waals surface area contributed by atoms with Gasteiger partial charge in [-0.1, -0.05) is 18.2 Å². The van der Waals surface area contributed by atoms with Crippen molar-refractivity contribution in [1.82, 2.24) is 14.9 Å². The van der Waals surface area contributed by atoms with Gasteiger partial charge in [-0.25, -0.2) is 9.37 Å². The molecule has 4 rings (SSSR count). The number of H-pyrrole nitrogens is 1. The van der Waals surface area contributed by atoms with Gasteiger partial charge < -0.3 is 4.98 Å². The maximum atomic E-state index is 13.1. The molecule has 142 valence electrons. The highest BCUT2D eigenvalue weighted by molar-refractivity contribution is 7.98. The number of rotatable bonds is 5. The monoisotopic (exact) mass is 385 g/mol. The van der Waals surface area contributed by atoms with E-state index in [1.165, 1.54) is 17.7 Å². The summed E-state index contributed by atoms with van der Waals surface area (Å²) in [6.45, 7) is 2.91. The van der Waals surface area contributed by atoms with E-state index in [1.54, 1.807) is 0 Å². The van der Waals surface area contributed by atoms with E-state index in [2.05, 4.69) is 20.9 Å². The van der Waals surface area contributed by atoms with E-state index in [1.807, 2.05) is 23.9 Å². The Morgan fingerprint density at radius 3 is 2.85 bits per heavy atom. The Balaban J connectivity index is 1.30. The molecule has 0 aliphatic carbocycles.